The fourth-order valence-electron chi connectivity index (χ4n) is 8.25. The maximum Gasteiger partial charge on any atom is 0.423 e. The first-order valence-corrected chi connectivity index (χ1v) is 15.3. The summed E-state index contributed by atoms with van der Waals surface area (Å²) in [6.07, 6.45) is 1.18. The van der Waals surface area contributed by atoms with Crippen LogP contribution in [-0.4, -0.2) is 51.8 Å². The van der Waals surface area contributed by atoms with E-state index in [1.165, 1.54) is 0 Å². The number of phenolic OH excluding ortho intramolecular Hbond substituents is 1. The minimum atomic E-state index is -1.41. The number of amides is 5. The molecule has 2 N–H and O–H groups in total. The number of hydrogen-bond acceptors (Lipinski definition) is 8. The van der Waals surface area contributed by atoms with E-state index in [9.17, 15) is 24.3 Å². The lowest BCUT2D eigenvalue weighted by Crippen LogP contribution is -2.53. The first kappa shape index (κ1) is 29.5. The lowest BCUT2D eigenvalue weighted by molar-refractivity contribution is -0.140. The summed E-state index contributed by atoms with van der Waals surface area (Å²) in [5.41, 5.74) is 5.92. The van der Waals surface area contributed by atoms with Crippen molar-refractivity contribution < 1.29 is 33.8 Å². The Labute approximate surface area is 265 Å². The Morgan fingerprint density at radius 3 is 2.30 bits per heavy atom. The Balaban J connectivity index is 1.45. The number of carbonyl (C=O) groups excluding carboxylic acids is 5. The van der Waals surface area contributed by atoms with Crippen LogP contribution in [-0.2, 0) is 29.3 Å². The highest BCUT2D eigenvalue weighted by Gasteiger charge is 2.70. The third-order valence-electron chi connectivity index (χ3n) is 10.3. The molecule has 3 aromatic carbocycles. The first-order chi connectivity index (χ1) is 22.1. The van der Waals surface area contributed by atoms with Crippen LogP contribution in [0.15, 0.2) is 84.4 Å². The monoisotopic (exact) mass is 619 g/mol. The summed E-state index contributed by atoms with van der Waals surface area (Å²) in [6, 6.07) is 21.7. The van der Waals surface area contributed by atoms with Crippen molar-refractivity contribution in [2.45, 2.75) is 38.0 Å². The molecule has 2 aliphatic heterocycles. The van der Waals surface area contributed by atoms with Crippen LogP contribution in [0.1, 0.15) is 41.0 Å². The quantitative estimate of drug-likeness (QED) is 0.316. The van der Waals surface area contributed by atoms with Gasteiger partial charge in [-0.25, -0.2) is 4.79 Å². The van der Waals surface area contributed by atoms with Gasteiger partial charge in [-0.3, -0.25) is 24.6 Å². The van der Waals surface area contributed by atoms with Gasteiger partial charge >= 0.3 is 6.09 Å². The number of aryl methyl sites for hydroxylation is 2. The SMILES string of the molecule is COC(=O)N1C(=O)C2CC=C3C(CC4C(=O)N(Nc5ccc(C)cc5)C(=O)C4(c4ccccc4)C3c3ccc(O)c(C)c3)C2C1=O. The Hall–Kier alpha value is -5.25. The van der Waals surface area contributed by atoms with Crippen LogP contribution in [0.2, 0.25) is 0 Å². The number of anilines is 1. The van der Waals surface area contributed by atoms with Crippen LogP contribution in [0.4, 0.5) is 10.5 Å². The number of likely N-dealkylation sites (tertiary alicyclic amines) is 1. The summed E-state index contributed by atoms with van der Waals surface area (Å²) >= 11 is 0. The van der Waals surface area contributed by atoms with Crippen LogP contribution in [0.3, 0.4) is 0 Å². The number of methoxy groups -OCH3 is 1. The van der Waals surface area contributed by atoms with Gasteiger partial charge < -0.3 is 9.84 Å². The molecule has 0 bridgehead atoms. The Morgan fingerprint density at radius 1 is 0.913 bits per heavy atom. The largest absolute Gasteiger partial charge is 0.508 e. The topological polar surface area (TPSA) is 133 Å². The highest BCUT2D eigenvalue weighted by Crippen LogP contribution is 2.64. The molecule has 0 spiro atoms. The molecule has 10 nitrogen and oxygen atoms in total. The second kappa shape index (κ2) is 10.7. The molecule has 46 heavy (non-hydrogen) atoms. The van der Waals surface area contributed by atoms with Gasteiger partial charge in [0.25, 0.3) is 11.8 Å². The highest BCUT2D eigenvalue weighted by atomic mass is 16.5. The Kier molecular flexibility index (Phi) is 6.84. The van der Waals surface area contributed by atoms with E-state index >= 15 is 4.79 Å². The maximum absolute atomic E-state index is 15.1. The van der Waals surface area contributed by atoms with Crippen LogP contribution < -0.4 is 5.43 Å². The van der Waals surface area contributed by atoms with Gasteiger partial charge in [0, 0.05) is 5.92 Å². The zero-order valence-electron chi connectivity index (χ0n) is 25.6. The third kappa shape index (κ3) is 4.05. The number of fused-ring (bicyclic) bond motifs is 4. The molecule has 4 aliphatic rings. The molecule has 6 atom stereocenters. The number of hydrogen-bond donors (Lipinski definition) is 2. The summed E-state index contributed by atoms with van der Waals surface area (Å²) in [5, 5.41) is 11.6. The van der Waals surface area contributed by atoms with Crippen molar-refractivity contribution in [1.82, 2.24) is 9.91 Å². The molecule has 10 heteroatoms. The Bertz CT molecular complexity index is 1840. The molecule has 6 unspecified atom stereocenters. The van der Waals surface area contributed by atoms with Crippen LogP contribution in [0, 0.1) is 37.5 Å². The number of nitrogens with one attached hydrogen (secondary N) is 1. The molecule has 3 aromatic rings. The molecular weight excluding hydrogens is 586 g/mol. The van der Waals surface area contributed by atoms with E-state index < -0.39 is 64.7 Å². The van der Waals surface area contributed by atoms with Crippen molar-refractivity contribution in [3.05, 3.63) is 107 Å². The van der Waals surface area contributed by atoms with Crippen molar-refractivity contribution in [3.63, 3.8) is 0 Å². The van der Waals surface area contributed by atoms with E-state index in [-0.39, 0.29) is 18.6 Å². The number of imide groups is 4. The number of rotatable bonds is 4. The van der Waals surface area contributed by atoms with E-state index in [4.69, 9.17) is 4.74 Å². The lowest BCUT2D eigenvalue weighted by Gasteiger charge is -2.50. The molecule has 5 amide bonds. The third-order valence-corrected chi connectivity index (χ3v) is 10.3. The van der Waals surface area contributed by atoms with E-state index in [1.54, 1.807) is 31.2 Å². The smallest absolute Gasteiger partial charge is 0.423 e. The number of nitrogens with zero attached hydrogens (tertiary/aromatic N) is 2. The molecule has 7 rings (SSSR count). The predicted octanol–water partition coefficient (Wildman–Crippen LogP) is 4.76. The second-order valence-corrected chi connectivity index (χ2v) is 12.6. The van der Waals surface area contributed by atoms with Gasteiger partial charge in [-0.1, -0.05) is 71.8 Å². The molecule has 2 saturated heterocycles. The number of phenols is 1. The summed E-state index contributed by atoms with van der Waals surface area (Å²) in [5.74, 6) is -6.02. The summed E-state index contributed by atoms with van der Waals surface area (Å²) < 4.78 is 4.78. The predicted molar refractivity (Wildman–Crippen MR) is 166 cm³/mol. The summed E-state index contributed by atoms with van der Waals surface area (Å²) in [6.45, 7) is 3.70. The number of carbonyl (C=O) groups is 5. The van der Waals surface area contributed by atoms with Crippen LogP contribution in [0.5, 0.6) is 5.75 Å². The fraction of sp³-hybridized carbons (Fsp3) is 0.306. The van der Waals surface area contributed by atoms with Gasteiger partial charge in [-0.05, 0) is 67.5 Å². The van der Waals surface area contributed by atoms with Crippen molar-refractivity contribution in [2.75, 3.05) is 12.5 Å². The van der Waals surface area contributed by atoms with E-state index in [1.807, 2.05) is 61.5 Å². The molecule has 1 saturated carbocycles. The zero-order valence-corrected chi connectivity index (χ0v) is 25.6. The lowest BCUT2D eigenvalue weighted by atomic mass is 9.49. The van der Waals surface area contributed by atoms with Gasteiger partial charge in [0.1, 0.15) is 5.75 Å². The molecule has 234 valence electrons. The van der Waals surface area contributed by atoms with E-state index in [0.717, 1.165) is 23.3 Å². The second-order valence-electron chi connectivity index (χ2n) is 12.6. The van der Waals surface area contributed by atoms with Gasteiger partial charge in [-0.15, -0.1) is 0 Å². The highest BCUT2D eigenvalue weighted by molar-refractivity contribution is 6.16. The van der Waals surface area contributed by atoms with Crippen LogP contribution >= 0.6 is 0 Å². The van der Waals surface area contributed by atoms with Crippen LogP contribution in [0.25, 0.3) is 0 Å². The number of ether oxygens (including phenoxy) is 1. The van der Waals surface area contributed by atoms with Crippen molar-refractivity contribution in [3.8, 4) is 5.75 Å². The minimum absolute atomic E-state index is 0.0842. The average Bonchev–Trinajstić information content (AvgIpc) is 3.44. The molecule has 3 fully saturated rings. The number of benzene rings is 3. The van der Waals surface area contributed by atoms with E-state index in [2.05, 4.69) is 5.43 Å². The number of aromatic hydroxyl groups is 1. The summed E-state index contributed by atoms with van der Waals surface area (Å²) in [7, 11) is 1.12. The molecule has 0 aromatic heterocycles. The molecule has 0 radical (unpaired) electrons. The maximum atomic E-state index is 15.1. The fourth-order valence-corrected chi connectivity index (χ4v) is 8.25. The van der Waals surface area contributed by atoms with Gasteiger partial charge in [-0.2, -0.15) is 9.91 Å². The zero-order chi connectivity index (χ0) is 32.5. The average molecular weight is 620 g/mol. The summed E-state index contributed by atoms with van der Waals surface area (Å²) in [4.78, 5) is 70.0. The van der Waals surface area contributed by atoms with Gasteiger partial charge in [0.05, 0.1) is 36.0 Å². The van der Waals surface area contributed by atoms with Crippen molar-refractivity contribution in [1.29, 1.82) is 0 Å². The number of allylic oxidation sites excluding steroid dienone is 2. The standard InChI is InChI=1S/C36H33N3O7/c1-19-9-12-23(13-10-19)37-39-32(42)27-18-26-24(14-15-25-29(26)33(43)38(31(25)41)35(45)46-3)30(21-11-16-28(40)20(2)17-21)36(27,34(39)44)22-7-5-4-6-8-22/h4-14,16-17,25-27,29-30,37,40H,15,18H2,1-3H3. The minimum Gasteiger partial charge on any atom is -0.508 e. The Morgan fingerprint density at radius 2 is 1.63 bits per heavy atom. The number of hydrazine groups is 1. The van der Waals surface area contributed by atoms with Crippen molar-refractivity contribution >= 4 is 35.4 Å². The van der Waals surface area contributed by atoms with E-state index in [0.29, 0.717) is 27.3 Å². The normalized spacial score (nSPS) is 28.4. The molecule has 2 heterocycles. The van der Waals surface area contributed by atoms with Crippen molar-refractivity contribution in [2.24, 2.45) is 23.7 Å². The van der Waals surface area contributed by atoms with Gasteiger partial charge in [0.15, 0.2) is 0 Å². The first-order valence-electron chi connectivity index (χ1n) is 15.3. The van der Waals surface area contributed by atoms with Gasteiger partial charge in [0.2, 0.25) is 11.8 Å². The molecular formula is C36H33N3O7. The molecule has 2 aliphatic carbocycles.